The van der Waals surface area contributed by atoms with E-state index in [0.29, 0.717) is 6.54 Å². The van der Waals surface area contributed by atoms with Gasteiger partial charge in [0, 0.05) is 11.0 Å². The molecule has 2 nitrogen and oxygen atoms in total. The fraction of sp³-hybridized carbons (Fsp3) is 0.538. The highest BCUT2D eigenvalue weighted by Gasteiger charge is 2.09. The van der Waals surface area contributed by atoms with Gasteiger partial charge < -0.3 is 10.5 Å². The molecule has 0 amide bonds. The first-order chi connectivity index (χ1) is 7.58. The quantitative estimate of drug-likeness (QED) is 0.898. The molecule has 3 heteroatoms. The van der Waals surface area contributed by atoms with Gasteiger partial charge in [0.05, 0.1) is 0 Å². The number of aryl methyl sites for hydroxylation is 2. The molecule has 0 saturated heterocycles. The molecule has 1 aromatic rings. The maximum atomic E-state index is 5.87. The first kappa shape index (κ1) is 13.5. The van der Waals surface area contributed by atoms with Crippen molar-refractivity contribution in [3.05, 3.63) is 27.7 Å². The lowest BCUT2D eigenvalue weighted by atomic mass is 10.1. The Morgan fingerprint density at radius 1 is 1.31 bits per heavy atom. The Morgan fingerprint density at radius 2 is 1.88 bits per heavy atom. The molecule has 90 valence electrons. The summed E-state index contributed by atoms with van der Waals surface area (Å²) >= 11 is 3.55. The summed E-state index contributed by atoms with van der Waals surface area (Å²) in [5.74, 6) is 0.919. The average Bonchev–Trinajstić information content (AvgIpc) is 2.25. The standard InChI is InChI=1S/C13H20BrNO/c1-4-5-11(8-15)16-12-6-9(2)13(14)10(3)7-12/h6-7,11H,4-5,8,15H2,1-3H3. The van der Waals surface area contributed by atoms with Crippen molar-refractivity contribution in [2.75, 3.05) is 6.54 Å². The molecule has 0 bridgehead atoms. The number of nitrogens with two attached hydrogens (primary N) is 1. The van der Waals surface area contributed by atoms with Crippen LogP contribution in [0.15, 0.2) is 16.6 Å². The number of halogens is 1. The maximum absolute atomic E-state index is 5.87. The molecule has 0 heterocycles. The van der Waals surface area contributed by atoms with E-state index in [2.05, 4.69) is 48.8 Å². The van der Waals surface area contributed by atoms with Gasteiger partial charge in [0.1, 0.15) is 11.9 Å². The molecular weight excluding hydrogens is 266 g/mol. The Hall–Kier alpha value is -0.540. The predicted molar refractivity (Wildman–Crippen MR) is 72.0 cm³/mol. The smallest absolute Gasteiger partial charge is 0.120 e. The second-order valence-electron chi connectivity index (χ2n) is 4.14. The molecule has 0 aliphatic carbocycles. The van der Waals surface area contributed by atoms with Crippen molar-refractivity contribution in [1.29, 1.82) is 0 Å². The fourth-order valence-electron chi connectivity index (χ4n) is 1.71. The van der Waals surface area contributed by atoms with Gasteiger partial charge in [0.15, 0.2) is 0 Å². The first-order valence-electron chi connectivity index (χ1n) is 5.72. The van der Waals surface area contributed by atoms with E-state index >= 15 is 0 Å². The molecule has 0 spiro atoms. The van der Waals surface area contributed by atoms with Crippen LogP contribution in [0.2, 0.25) is 0 Å². The van der Waals surface area contributed by atoms with Gasteiger partial charge in [-0.15, -0.1) is 0 Å². The van der Waals surface area contributed by atoms with Crippen LogP contribution in [0.5, 0.6) is 5.75 Å². The number of ether oxygens (including phenoxy) is 1. The molecule has 0 saturated carbocycles. The minimum absolute atomic E-state index is 0.130. The average molecular weight is 286 g/mol. The zero-order valence-electron chi connectivity index (χ0n) is 10.2. The van der Waals surface area contributed by atoms with E-state index in [0.717, 1.165) is 23.1 Å². The Morgan fingerprint density at radius 3 is 2.31 bits per heavy atom. The highest BCUT2D eigenvalue weighted by molar-refractivity contribution is 9.10. The number of benzene rings is 1. The van der Waals surface area contributed by atoms with Gasteiger partial charge in [-0.1, -0.05) is 29.3 Å². The molecule has 1 atom stereocenters. The third-order valence-corrected chi connectivity index (χ3v) is 3.84. The Balaban J connectivity index is 2.80. The lowest BCUT2D eigenvalue weighted by Gasteiger charge is -2.18. The van der Waals surface area contributed by atoms with Gasteiger partial charge in [0.25, 0.3) is 0 Å². The van der Waals surface area contributed by atoms with E-state index in [9.17, 15) is 0 Å². The minimum atomic E-state index is 0.130. The van der Waals surface area contributed by atoms with Crippen LogP contribution in [-0.4, -0.2) is 12.6 Å². The second-order valence-corrected chi connectivity index (χ2v) is 4.93. The molecule has 1 aromatic carbocycles. The van der Waals surface area contributed by atoms with Gasteiger partial charge in [-0.3, -0.25) is 0 Å². The van der Waals surface area contributed by atoms with Crippen LogP contribution in [0.25, 0.3) is 0 Å². The minimum Gasteiger partial charge on any atom is -0.489 e. The molecule has 0 aliphatic rings. The summed E-state index contributed by atoms with van der Waals surface area (Å²) in [6.45, 7) is 6.86. The summed E-state index contributed by atoms with van der Waals surface area (Å²) in [7, 11) is 0. The van der Waals surface area contributed by atoms with E-state index in [-0.39, 0.29) is 6.10 Å². The molecule has 0 aliphatic heterocycles. The summed E-state index contributed by atoms with van der Waals surface area (Å²) in [5, 5.41) is 0. The Kier molecular flexibility index (Phi) is 5.29. The van der Waals surface area contributed by atoms with E-state index in [4.69, 9.17) is 10.5 Å². The molecule has 1 rings (SSSR count). The maximum Gasteiger partial charge on any atom is 0.120 e. The van der Waals surface area contributed by atoms with Gasteiger partial charge in [0.2, 0.25) is 0 Å². The molecular formula is C13H20BrNO. The number of hydrogen-bond acceptors (Lipinski definition) is 2. The summed E-state index contributed by atoms with van der Waals surface area (Å²) in [4.78, 5) is 0. The van der Waals surface area contributed by atoms with E-state index < -0.39 is 0 Å². The normalized spacial score (nSPS) is 12.6. The van der Waals surface area contributed by atoms with Crippen molar-refractivity contribution in [2.45, 2.75) is 39.7 Å². The van der Waals surface area contributed by atoms with Gasteiger partial charge in [-0.25, -0.2) is 0 Å². The zero-order valence-corrected chi connectivity index (χ0v) is 11.8. The third-order valence-electron chi connectivity index (χ3n) is 2.59. The lowest BCUT2D eigenvalue weighted by molar-refractivity contribution is 0.198. The lowest BCUT2D eigenvalue weighted by Crippen LogP contribution is -2.26. The highest BCUT2D eigenvalue weighted by Crippen LogP contribution is 2.27. The Bertz CT molecular complexity index is 329. The van der Waals surface area contributed by atoms with Crippen LogP contribution in [0.4, 0.5) is 0 Å². The van der Waals surface area contributed by atoms with Crippen LogP contribution in [0.1, 0.15) is 30.9 Å². The van der Waals surface area contributed by atoms with Crippen LogP contribution < -0.4 is 10.5 Å². The monoisotopic (exact) mass is 285 g/mol. The summed E-state index contributed by atoms with van der Waals surface area (Å²) < 4.78 is 7.03. The van der Waals surface area contributed by atoms with Crippen LogP contribution in [0, 0.1) is 13.8 Å². The first-order valence-corrected chi connectivity index (χ1v) is 6.51. The fourth-order valence-corrected chi connectivity index (χ4v) is 1.94. The third kappa shape index (κ3) is 3.49. The summed E-state index contributed by atoms with van der Waals surface area (Å²) in [6.07, 6.45) is 2.23. The van der Waals surface area contributed by atoms with E-state index in [1.807, 2.05) is 0 Å². The number of hydrogen-bond donors (Lipinski definition) is 1. The van der Waals surface area contributed by atoms with Crippen molar-refractivity contribution in [3.8, 4) is 5.75 Å². The molecule has 0 aromatic heterocycles. The molecule has 0 fully saturated rings. The largest absolute Gasteiger partial charge is 0.489 e. The van der Waals surface area contributed by atoms with Crippen molar-refractivity contribution in [3.63, 3.8) is 0 Å². The topological polar surface area (TPSA) is 35.2 Å². The highest BCUT2D eigenvalue weighted by atomic mass is 79.9. The SMILES string of the molecule is CCCC(CN)Oc1cc(C)c(Br)c(C)c1. The number of rotatable bonds is 5. The van der Waals surface area contributed by atoms with Gasteiger partial charge in [-0.05, 0) is 43.5 Å². The summed E-state index contributed by atoms with van der Waals surface area (Å²) in [5.41, 5.74) is 8.07. The van der Waals surface area contributed by atoms with E-state index in [1.165, 1.54) is 11.1 Å². The van der Waals surface area contributed by atoms with Crippen LogP contribution in [0.3, 0.4) is 0 Å². The predicted octanol–water partition coefficient (Wildman–Crippen LogP) is 3.57. The van der Waals surface area contributed by atoms with Crippen molar-refractivity contribution < 1.29 is 4.74 Å². The zero-order chi connectivity index (χ0) is 12.1. The molecule has 2 N–H and O–H groups in total. The molecule has 16 heavy (non-hydrogen) atoms. The van der Waals surface area contributed by atoms with Crippen LogP contribution in [-0.2, 0) is 0 Å². The van der Waals surface area contributed by atoms with Crippen molar-refractivity contribution in [2.24, 2.45) is 5.73 Å². The van der Waals surface area contributed by atoms with Gasteiger partial charge >= 0.3 is 0 Å². The Labute approximate surface area is 106 Å². The second kappa shape index (κ2) is 6.26. The van der Waals surface area contributed by atoms with Gasteiger partial charge in [-0.2, -0.15) is 0 Å². The van der Waals surface area contributed by atoms with Crippen molar-refractivity contribution >= 4 is 15.9 Å². The molecule has 1 unspecified atom stereocenters. The summed E-state index contributed by atoms with van der Waals surface area (Å²) in [6, 6.07) is 4.10. The van der Waals surface area contributed by atoms with Crippen LogP contribution >= 0.6 is 15.9 Å². The van der Waals surface area contributed by atoms with E-state index in [1.54, 1.807) is 0 Å². The molecule has 0 radical (unpaired) electrons. The van der Waals surface area contributed by atoms with Crippen molar-refractivity contribution in [1.82, 2.24) is 0 Å².